The van der Waals surface area contributed by atoms with Crippen LogP contribution in [0.25, 0.3) is 0 Å². The number of likely N-dealkylation sites (tertiary alicyclic amines) is 1. The molecule has 0 saturated carbocycles. The molecular formula is C9H17NO. The Labute approximate surface area is 68.6 Å². The van der Waals surface area contributed by atoms with Crippen LogP contribution in [0.4, 0.5) is 0 Å². The topological polar surface area (TPSA) is 20.3 Å². The zero-order valence-electron chi connectivity index (χ0n) is 7.63. The van der Waals surface area contributed by atoms with Gasteiger partial charge in [0.05, 0.1) is 0 Å². The van der Waals surface area contributed by atoms with E-state index in [1.165, 1.54) is 0 Å². The fraction of sp³-hybridized carbons (Fsp3) is 0.889. The average molecular weight is 155 g/mol. The van der Waals surface area contributed by atoms with Gasteiger partial charge < -0.3 is 4.90 Å². The van der Waals surface area contributed by atoms with E-state index in [-0.39, 0.29) is 0 Å². The maximum atomic E-state index is 11.2. The van der Waals surface area contributed by atoms with Gasteiger partial charge in [0.1, 0.15) is 0 Å². The third-order valence-electron chi connectivity index (χ3n) is 2.57. The lowest BCUT2D eigenvalue weighted by molar-refractivity contribution is -0.130. The molecule has 1 rings (SSSR count). The molecule has 2 nitrogen and oxygen atoms in total. The summed E-state index contributed by atoms with van der Waals surface area (Å²) < 4.78 is 0. The van der Waals surface area contributed by atoms with Gasteiger partial charge in [-0.2, -0.15) is 0 Å². The van der Waals surface area contributed by atoms with E-state index in [0.717, 1.165) is 19.4 Å². The molecule has 0 N–H and O–H groups in total. The second kappa shape index (κ2) is 3.24. The molecule has 1 unspecified atom stereocenters. The second-order valence-electron chi connectivity index (χ2n) is 3.68. The molecule has 1 aliphatic rings. The van der Waals surface area contributed by atoms with Gasteiger partial charge in [-0.05, 0) is 19.3 Å². The third kappa shape index (κ3) is 1.73. The Balaban J connectivity index is 2.52. The van der Waals surface area contributed by atoms with E-state index in [4.69, 9.17) is 0 Å². The fourth-order valence-corrected chi connectivity index (χ4v) is 1.46. The molecule has 0 aromatic carbocycles. The monoisotopic (exact) mass is 155 g/mol. The minimum Gasteiger partial charge on any atom is -0.340 e. The van der Waals surface area contributed by atoms with Crippen LogP contribution < -0.4 is 0 Å². The van der Waals surface area contributed by atoms with E-state index in [1.807, 2.05) is 4.90 Å². The molecule has 1 amide bonds. The Bertz CT molecular complexity index is 154. The van der Waals surface area contributed by atoms with Crippen molar-refractivity contribution in [3.8, 4) is 0 Å². The Morgan fingerprint density at radius 3 is 2.36 bits per heavy atom. The first-order valence-corrected chi connectivity index (χ1v) is 4.42. The molecule has 1 aliphatic heterocycles. The van der Waals surface area contributed by atoms with Gasteiger partial charge in [0.2, 0.25) is 5.91 Å². The van der Waals surface area contributed by atoms with Crippen LogP contribution in [0.3, 0.4) is 0 Å². The third-order valence-corrected chi connectivity index (χ3v) is 2.57. The summed E-state index contributed by atoms with van der Waals surface area (Å²) in [7, 11) is 0. The average Bonchev–Trinajstić information content (AvgIpc) is 2.33. The lowest BCUT2D eigenvalue weighted by Gasteiger charge is -2.27. The van der Waals surface area contributed by atoms with Gasteiger partial charge in [0.25, 0.3) is 0 Å². The van der Waals surface area contributed by atoms with Crippen LogP contribution in [0.1, 0.15) is 33.6 Å². The first-order chi connectivity index (χ1) is 5.13. The molecule has 1 atom stereocenters. The van der Waals surface area contributed by atoms with Gasteiger partial charge in [-0.15, -0.1) is 0 Å². The zero-order valence-corrected chi connectivity index (χ0v) is 7.63. The van der Waals surface area contributed by atoms with Crippen LogP contribution in [0.5, 0.6) is 0 Å². The van der Waals surface area contributed by atoms with Crippen LogP contribution in [0.2, 0.25) is 0 Å². The van der Waals surface area contributed by atoms with Crippen molar-refractivity contribution in [2.24, 2.45) is 5.92 Å². The SMILES string of the molecule is CC(C)C(C)N1CCCC1=O. The molecule has 0 radical (unpaired) electrons. The van der Waals surface area contributed by atoms with Gasteiger partial charge in [0, 0.05) is 19.0 Å². The molecule has 0 aromatic heterocycles. The first-order valence-electron chi connectivity index (χ1n) is 4.42. The van der Waals surface area contributed by atoms with E-state index >= 15 is 0 Å². The van der Waals surface area contributed by atoms with E-state index in [9.17, 15) is 4.79 Å². The van der Waals surface area contributed by atoms with Gasteiger partial charge in [-0.3, -0.25) is 4.79 Å². The van der Waals surface area contributed by atoms with E-state index < -0.39 is 0 Å². The lowest BCUT2D eigenvalue weighted by Crippen LogP contribution is -2.37. The number of carbonyl (C=O) groups is 1. The Morgan fingerprint density at radius 2 is 2.00 bits per heavy atom. The maximum Gasteiger partial charge on any atom is 0.222 e. The van der Waals surface area contributed by atoms with Gasteiger partial charge in [0.15, 0.2) is 0 Å². The summed E-state index contributed by atoms with van der Waals surface area (Å²) >= 11 is 0. The minimum absolute atomic E-state index is 0.339. The van der Waals surface area contributed by atoms with Crippen molar-refractivity contribution in [2.75, 3.05) is 6.54 Å². The normalized spacial score (nSPS) is 21.5. The molecule has 0 aliphatic carbocycles. The summed E-state index contributed by atoms with van der Waals surface area (Å²) in [5, 5.41) is 0. The maximum absolute atomic E-state index is 11.2. The summed E-state index contributed by atoms with van der Waals surface area (Å²) in [6.45, 7) is 7.43. The molecule has 1 fully saturated rings. The van der Waals surface area contributed by atoms with Crippen molar-refractivity contribution in [1.82, 2.24) is 4.90 Å². The van der Waals surface area contributed by atoms with Crippen LogP contribution in [-0.2, 0) is 4.79 Å². The molecule has 0 bridgehead atoms. The molecule has 11 heavy (non-hydrogen) atoms. The first kappa shape index (κ1) is 8.57. The highest BCUT2D eigenvalue weighted by molar-refractivity contribution is 5.78. The largest absolute Gasteiger partial charge is 0.340 e. The zero-order chi connectivity index (χ0) is 8.43. The molecule has 64 valence electrons. The van der Waals surface area contributed by atoms with Gasteiger partial charge in [-0.25, -0.2) is 0 Å². The number of hydrogen-bond acceptors (Lipinski definition) is 1. The highest BCUT2D eigenvalue weighted by Gasteiger charge is 2.26. The Kier molecular flexibility index (Phi) is 2.53. The number of rotatable bonds is 2. The predicted octanol–water partition coefficient (Wildman–Crippen LogP) is 1.65. The van der Waals surface area contributed by atoms with Crippen molar-refractivity contribution in [3.05, 3.63) is 0 Å². The van der Waals surface area contributed by atoms with Crippen molar-refractivity contribution in [2.45, 2.75) is 39.7 Å². The van der Waals surface area contributed by atoms with Crippen LogP contribution in [-0.4, -0.2) is 23.4 Å². The number of amides is 1. The number of hydrogen-bond donors (Lipinski definition) is 0. The van der Waals surface area contributed by atoms with Crippen molar-refractivity contribution in [1.29, 1.82) is 0 Å². The molecule has 1 saturated heterocycles. The molecule has 0 spiro atoms. The van der Waals surface area contributed by atoms with Crippen molar-refractivity contribution < 1.29 is 4.79 Å². The summed E-state index contributed by atoms with van der Waals surface area (Å²) in [5.74, 6) is 0.920. The van der Waals surface area contributed by atoms with Gasteiger partial charge in [-0.1, -0.05) is 13.8 Å². The molecule has 0 aromatic rings. The lowest BCUT2D eigenvalue weighted by atomic mass is 10.1. The second-order valence-corrected chi connectivity index (χ2v) is 3.68. The Morgan fingerprint density at radius 1 is 1.36 bits per heavy atom. The highest BCUT2D eigenvalue weighted by Crippen LogP contribution is 2.17. The quantitative estimate of drug-likeness (QED) is 0.594. The Hall–Kier alpha value is -0.530. The van der Waals surface area contributed by atoms with Crippen LogP contribution in [0, 0.1) is 5.92 Å². The van der Waals surface area contributed by atoms with Crippen LogP contribution >= 0.6 is 0 Å². The number of nitrogens with zero attached hydrogens (tertiary/aromatic N) is 1. The molecular weight excluding hydrogens is 138 g/mol. The highest BCUT2D eigenvalue weighted by atomic mass is 16.2. The van der Waals surface area contributed by atoms with Crippen LogP contribution in [0.15, 0.2) is 0 Å². The summed E-state index contributed by atoms with van der Waals surface area (Å²) in [4.78, 5) is 13.3. The smallest absolute Gasteiger partial charge is 0.222 e. The van der Waals surface area contributed by atoms with Crippen molar-refractivity contribution in [3.63, 3.8) is 0 Å². The fourth-order valence-electron chi connectivity index (χ4n) is 1.46. The van der Waals surface area contributed by atoms with Crippen molar-refractivity contribution >= 4 is 5.91 Å². The van der Waals surface area contributed by atoms with Gasteiger partial charge >= 0.3 is 0 Å². The predicted molar refractivity (Wildman–Crippen MR) is 45.2 cm³/mol. The molecule has 1 heterocycles. The molecule has 2 heteroatoms. The summed E-state index contributed by atoms with van der Waals surface area (Å²) in [6.07, 6.45) is 1.81. The van der Waals surface area contributed by atoms with E-state index in [2.05, 4.69) is 20.8 Å². The van der Waals surface area contributed by atoms with E-state index in [1.54, 1.807) is 0 Å². The van der Waals surface area contributed by atoms with E-state index in [0.29, 0.717) is 17.9 Å². The standard InChI is InChI=1S/C9H17NO/c1-7(2)8(3)10-6-4-5-9(10)11/h7-8H,4-6H2,1-3H3. The summed E-state index contributed by atoms with van der Waals surface area (Å²) in [5.41, 5.74) is 0. The number of carbonyl (C=O) groups excluding carboxylic acids is 1. The minimum atomic E-state index is 0.339. The summed E-state index contributed by atoms with van der Waals surface area (Å²) in [6, 6.07) is 0.421.